The van der Waals surface area contributed by atoms with Gasteiger partial charge in [0.2, 0.25) is 5.91 Å². The van der Waals surface area contributed by atoms with Crippen molar-refractivity contribution >= 4 is 12.0 Å². The second-order valence-corrected chi connectivity index (χ2v) is 6.65. The van der Waals surface area contributed by atoms with Crippen LogP contribution in [0, 0.1) is 5.82 Å². The number of halogens is 1. The standard InChI is InChI=1S/C22H27FN2O3/c1-15(12-16-8-6-7-9-18(16)23)22(26)24-14-19(25(2)3)17-10-11-20(27-4)21(13-17)28-5/h6-13,19H,14H2,1-5H3,(H,24,26)/b15-12+. The normalized spacial score (nSPS) is 12.6. The van der Waals surface area contributed by atoms with Crippen LogP contribution in [0.15, 0.2) is 48.0 Å². The van der Waals surface area contributed by atoms with Crippen molar-refractivity contribution in [2.45, 2.75) is 13.0 Å². The second-order valence-electron chi connectivity index (χ2n) is 6.65. The summed E-state index contributed by atoms with van der Waals surface area (Å²) in [6.07, 6.45) is 1.55. The first kappa shape index (κ1) is 21.4. The number of nitrogens with zero attached hydrogens (tertiary/aromatic N) is 1. The Morgan fingerprint density at radius 1 is 1.14 bits per heavy atom. The molecule has 5 nitrogen and oxygen atoms in total. The molecule has 1 unspecified atom stereocenters. The third-order valence-electron chi connectivity index (χ3n) is 4.51. The number of amides is 1. The zero-order valence-corrected chi connectivity index (χ0v) is 17.0. The smallest absolute Gasteiger partial charge is 0.247 e. The first-order chi connectivity index (χ1) is 13.4. The molecule has 28 heavy (non-hydrogen) atoms. The van der Waals surface area contributed by atoms with E-state index in [1.54, 1.807) is 45.4 Å². The van der Waals surface area contributed by atoms with Crippen molar-refractivity contribution < 1.29 is 18.7 Å². The second kappa shape index (κ2) is 9.90. The third kappa shape index (κ3) is 5.33. The molecular weight excluding hydrogens is 359 g/mol. The summed E-state index contributed by atoms with van der Waals surface area (Å²) in [6.45, 7) is 2.06. The molecule has 0 saturated carbocycles. The summed E-state index contributed by atoms with van der Waals surface area (Å²) in [5, 5.41) is 2.92. The summed E-state index contributed by atoms with van der Waals surface area (Å²) in [4.78, 5) is 14.5. The number of ether oxygens (including phenoxy) is 2. The van der Waals surface area contributed by atoms with E-state index in [1.807, 2.05) is 37.2 Å². The maximum absolute atomic E-state index is 13.8. The molecule has 2 aromatic carbocycles. The molecule has 0 radical (unpaired) electrons. The van der Waals surface area contributed by atoms with Gasteiger partial charge in [-0.25, -0.2) is 4.39 Å². The zero-order valence-electron chi connectivity index (χ0n) is 17.0. The lowest BCUT2D eigenvalue weighted by Crippen LogP contribution is -2.34. The SMILES string of the molecule is COc1ccc(C(CNC(=O)/C(C)=C/c2ccccc2F)N(C)C)cc1OC. The quantitative estimate of drug-likeness (QED) is 0.704. The minimum absolute atomic E-state index is 0.0648. The van der Waals surface area contributed by atoms with Crippen LogP contribution in [0.5, 0.6) is 11.5 Å². The Morgan fingerprint density at radius 3 is 2.43 bits per heavy atom. The van der Waals surface area contributed by atoms with E-state index in [-0.39, 0.29) is 17.8 Å². The van der Waals surface area contributed by atoms with Crippen LogP contribution in [0.2, 0.25) is 0 Å². The van der Waals surface area contributed by atoms with E-state index in [2.05, 4.69) is 5.32 Å². The molecule has 1 N–H and O–H groups in total. The highest BCUT2D eigenvalue weighted by Gasteiger charge is 2.18. The largest absolute Gasteiger partial charge is 0.493 e. The first-order valence-corrected chi connectivity index (χ1v) is 8.96. The van der Waals surface area contributed by atoms with E-state index in [4.69, 9.17) is 9.47 Å². The Labute approximate surface area is 165 Å². The molecule has 150 valence electrons. The van der Waals surface area contributed by atoms with Gasteiger partial charge in [-0.1, -0.05) is 24.3 Å². The lowest BCUT2D eigenvalue weighted by Gasteiger charge is -2.26. The Bertz CT molecular complexity index is 849. The molecular formula is C22H27FN2O3. The van der Waals surface area contributed by atoms with Crippen LogP contribution in [-0.4, -0.2) is 45.7 Å². The highest BCUT2D eigenvalue weighted by molar-refractivity contribution is 5.97. The van der Waals surface area contributed by atoms with E-state index < -0.39 is 0 Å². The van der Waals surface area contributed by atoms with Gasteiger partial charge >= 0.3 is 0 Å². The van der Waals surface area contributed by atoms with E-state index in [1.165, 1.54) is 6.07 Å². The van der Waals surface area contributed by atoms with Crippen molar-refractivity contribution in [1.29, 1.82) is 0 Å². The van der Waals surface area contributed by atoms with Gasteiger partial charge in [0.25, 0.3) is 0 Å². The molecule has 0 aromatic heterocycles. The number of methoxy groups -OCH3 is 2. The van der Waals surface area contributed by atoms with Crippen LogP contribution < -0.4 is 14.8 Å². The van der Waals surface area contributed by atoms with Crippen LogP contribution in [-0.2, 0) is 4.79 Å². The van der Waals surface area contributed by atoms with Gasteiger partial charge in [-0.3, -0.25) is 4.79 Å². The van der Waals surface area contributed by atoms with Crippen molar-refractivity contribution in [3.05, 3.63) is 65.0 Å². The van der Waals surface area contributed by atoms with E-state index in [0.717, 1.165) is 5.56 Å². The molecule has 6 heteroatoms. The lowest BCUT2D eigenvalue weighted by atomic mass is 10.0. The fourth-order valence-electron chi connectivity index (χ4n) is 2.88. The number of rotatable bonds is 8. The maximum atomic E-state index is 13.8. The fourth-order valence-corrected chi connectivity index (χ4v) is 2.88. The van der Waals surface area contributed by atoms with Gasteiger partial charge in [0, 0.05) is 17.7 Å². The highest BCUT2D eigenvalue weighted by atomic mass is 19.1. The molecule has 0 heterocycles. The van der Waals surface area contributed by atoms with Gasteiger partial charge in [0.1, 0.15) is 5.82 Å². The summed E-state index contributed by atoms with van der Waals surface area (Å²) in [5.74, 6) is 0.687. The van der Waals surface area contributed by atoms with Crippen LogP contribution in [0.25, 0.3) is 6.08 Å². The molecule has 0 spiro atoms. The number of carbonyl (C=O) groups excluding carboxylic acids is 1. The van der Waals surface area contributed by atoms with Crippen molar-refractivity contribution in [3.8, 4) is 11.5 Å². The molecule has 0 fully saturated rings. The van der Waals surface area contributed by atoms with Crippen molar-refractivity contribution in [2.75, 3.05) is 34.9 Å². The van der Waals surface area contributed by atoms with Gasteiger partial charge < -0.3 is 19.7 Å². The average molecular weight is 386 g/mol. The fraction of sp³-hybridized carbons (Fsp3) is 0.318. The Kier molecular flexibility index (Phi) is 7.58. The van der Waals surface area contributed by atoms with Gasteiger partial charge in [0.05, 0.1) is 20.3 Å². The Balaban J connectivity index is 2.13. The van der Waals surface area contributed by atoms with Crippen molar-refractivity contribution in [3.63, 3.8) is 0 Å². The number of nitrogens with one attached hydrogen (secondary N) is 1. The summed E-state index contributed by atoms with van der Waals surface area (Å²) < 4.78 is 24.4. The summed E-state index contributed by atoms with van der Waals surface area (Å²) in [7, 11) is 7.06. The van der Waals surface area contributed by atoms with Crippen molar-refractivity contribution in [1.82, 2.24) is 10.2 Å². The molecule has 1 amide bonds. The summed E-state index contributed by atoms with van der Waals surface area (Å²) in [5.41, 5.74) is 1.81. The van der Waals surface area contributed by atoms with Crippen molar-refractivity contribution in [2.24, 2.45) is 0 Å². The van der Waals surface area contributed by atoms with Gasteiger partial charge in [-0.2, -0.15) is 0 Å². The van der Waals surface area contributed by atoms with Crippen LogP contribution in [0.3, 0.4) is 0 Å². The molecule has 0 aliphatic heterocycles. The monoisotopic (exact) mass is 386 g/mol. The highest BCUT2D eigenvalue weighted by Crippen LogP contribution is 2.31. The predicted octanol–water partition coefficient (Wildman–Crippen LogP) is 3.67. The molecule has 0 aliphatic rings. The number of hydrogen-bond acceptors (Lipinski definition) is 4. The Morgan fingerprint density at radius 2 is 1.82 bits per heavy atom. The zero-order chi connectivity index (χ0) is 20.7. The summed E-state index contributed by atoms with van der Waals surface area (Å²) >= 11 is 0. The Hall–Kier alpha value is -2.86. The molecule has 1 atom stereocenters. The van der Waals surface area contributed by atoms with Crippen LogP contribution >= 0.6 is 0 Å². The minimum Gasteiger partial charge on any atom is -0.493 e. The van der Waals surface area contributed by atoms with Crippen LogP contribution in [0.1, 0.15) is 24.1 Å². The molecule has 0 saturated heterocycles. The topological polar surface area (TPSA) is 50.8 Å². The first-order valence-electron chi connectivity index (χ1n) is 8.96. The van der Waals surface area contributed by atoms with Gasteiger partial charge in [-0.05, 0) is 50.9 Å². The van der Waals surface area contributed by atoms with E-state index >= 15 is 0 Å². The number of benzene rings is 2. The third-order valence-corrected chi connectivity index (χ3v) is 4.51. The number of hydrogen-bond donors (Lipinski definition) is 1. The maximum Gasteiger partial charge on any atom is 0.247 e. The van der Waals surface area contributed by atoms with Crippen LogP contribution in [0.4, 0.5) is 4.39 Å². The van der Waals surface area contributed by atoms with E-state index in [9.17, 15) is 9.18 Å². The van der Waals surface area contributed by atoms with E-state index in [0.29, 0.717) is 29.2 Å². The number of carbonyl (C=O) groups is 1. The summed E-state index contributed by atoms with van der Waals surface area (Å²) in [6, 6.07) is 12.0. The molecule has 2 aromatic rings. The molecule has 2 rings (SSSR count). The molecule has 0 bridgehead atoms. The van der Waals surface area contributed by atoms with Gasteiger partial charge in [-0.15, -0.1) is 0 Å². The predicted molar refractivity (Wildman–Crippen MR) is 109 cm³/mol. The number of likely N-dealkylation sites (N-methyl/N-ethyl adjacent to an activating group) is 1. The van der Waals surface area contributed by atoms with Gasteiger partial charge in [0.15, 0.2) is 11.5 Å². The minimum atomic E-state index is -0.355. The average Bonchev–Trinajstić information content (AvgIpc) is 2.69. The lowest BCUT2D eigenvalue weighted by molar-refractivity contribution is -0.117. The molecule has 0 aliphatic carbocycles.